The summed E-state index contributed by atoms with van der Waals surface area (Å²) in [4.78, 5) is 2.53. The lowest BCUT2D eigenvalue weighted by molar-refractivity contribution is 0.146. The molecule has 1 N–H and O–H groups in total. The van der Waals surface area contributed by atoms with E-state index in [1.54, 1.807) is 0 Å². The van der Waals surface area contributed by atoms with E-state index in [1.807, 2.05) is 0 Å². The lowest BCUT2D eigenvalue weighted by Gasteiger charge is -2.33. The molecule has 3 heteroatoms. The maximum Gasteiger partial charge on any atom is 0.0638 e. The van der Waals surface area contributed by atoms with E-state index in [1.165, 1.54) is 12.8 Å². The Morgan fingerprint density at radius 2 is 2.25 bits per heavy atom. The van der Waals surface area contributed by atoms with E-state index in [2.05, 4.69) is 37.1 Å². The van der Waals surface area contributed by atoms with Gasteiger partial charge in [-0.1, -0.05) is 13.8 Å². The van der Waals surface area contributed by atoms with E-state index >= 15 is 0 Å². The van der Waals surface area contributed by atoms with E-state index in [-0.39, 0.29) is 0 Å². The number of nitriles is 1. The monoisotopic (exact) mass is 223 g/mol. The van der Waals surface area contributed by atoms with Gasteiger partial charge in [-0.3, -0.25) is 4.90 Å². The molecule has 1 fully saturated rings. The van der Waals surface area contributed by atoms with Crippen molar-refractivity contribution in [3.05, 3.63) is 0 Å². The number of hydrogen-bond acceptors (Lipinski definition) is 3. The molecule has 3 nitrogen and oxygen atoms in total. The fourth-order valence-corrected chi connectivity index (χ4v) is 2.33. The minimum atomic E-state index is 0.404. The summed E-state index contributed by atoms with van der Waals surface area (Å²) in [6.07, 6.45) is 3.07. The first-order chi connectivity index (χ1) is 7.65. The molecule has 0 bridgehead atoms. The van der Waals surface area contributed by atoms with Crippen molar-refractivity contribution in [2.24, 2.45) is 5.92 Å². The molecule has 0 radical (unpaired) electrons. The van der Waals surface area contributed by atoms with Gasteiger partial charge in [0, 0.05) is 18.6 Å². The second kappa shape index (κ2) is 6.88. The van der Waals surface area contributed by atoms with Crippen LogP contribution in [0.15, 0.2) is 0 Å². The zero-order valence-electron chi connectivity index (χ0n) is 10.9. The summed E-state index contributed by atoms with van der Waals surface area (Å²) >= 11 is 0. The van der Waals surface area contributed by atoms with Gasteiger partial charge in [-0.25, -0.2) is 0 Å². The second-order valence-electron chi connectivity index (χ2n) is 5.28. The Kier molecular flexibility index (Phi) is 5.79. The molecule has 1 saturated heterocycles. The molecule has 0 aromatic heterocycles. The Hall–Kier alpha value is -0.590. The summed E-state index contributed by atoms with van der Waals surface area (Å²) in [6, 6.07) is 3.33. The Bertz CT molecular complexity index is 232. The van der Waals surface area contributed by atoms with Crippen LogP contribution in [0.3, 0.4) is 0 Å². The van der Waals surface area contributed by atoms with Gasteiger partial charge in [0.25, 0.3) is 0 Å². The fraction of sp³-hybridized carbons (Fsp3) is 0.923. The first-order valence-electron chi connectivity index (χ1n) is 6.48. The van der Waals surface area contributed by atoms with E-state index in [0.717, 1.165) is 25.6 Å². The third kappa shape index (κ3) is 4.11. The number of nitrogens with one attached hydrogen (secondary N) is 1. The maximum absolute atomic E-state index is 8.89. The van der Waals surface area contributed by atoms with E-state index in [4.69, 9.17) is 5.26 Å². The van der Waals surface area contributed by atoms with Crippen molar-refractivity contribution in [3.8, 4) is 6.07 Å². The molecule has 16 heavy (non-hydrogen) atoms. The van der Waals surface area contributed by atoms with E-state index in [9.17, 15) is 0 Å². The molecule has 0 saturated carbocycles. The van der Waals surface area contributed by atoms with E-state index in [0.29, 0.717) is 18.5 Å². The van der Waals surface area contributed by atoms with Crippen LogP contribution in [0.2, 0.25) is 0 Å². The van der Waals surface area contributed by atoms with Crippen LogP contribution >= 0.6 is 0 Å². The summed E-state index contributed by atoms with van der Waals surface area (Å²) < 4.78 is 0. The normalized spacial score (nSPS) is 27.7. The highest BCUT2D eigenvalue weighted by atomic mass is 15.2. The lowest BCUT2D eigenvalue weighted by atomic mass is 10.1. The Morgan fingerprint density at radius 1 is 1.50 bits per heavy atom. The van der Waals surface area contributed by atoms with Crippen LogP contribution in [0.5, 0.6) is 0 Å². The predicted octanol–water partition coefficient (Wildman–Crippen LogP) is 2.00. The molecule has 1 aliphatic heterocycles. The number of rotatable bonds is 4. The molecule has 2 atom stereocenters. The van der Waals surface area contributed by atoms with Gasteiger partial charge in [0.15, 0.2) is 0 Å². The highest BCUT2D eigenvalue weighted by Gasteiger charge is 2.25. The molecule has 0 spiro atoms. The van der Waals surface area contributed by atoms with Crippen molar-refractivity contribution in [3.63, 3.8) is 0 Å². The van der Waals surface area contributed by atoms with Crippen molar-refractivity contribution in [1.82, 2.24) is 10.2 Å². The minimum Gasteiger partial charge on any atom is -0.315 e. The van der Waals surface area contributed by atoms with Crippen LogP contribution < -0.4 is 5.32 Å². The third-order valence-electron chi connectivity index (χ3n) is 3.45. The Balaban J connectivity index is 2.58. The van der Waals surface area contributed by atoms with Crippen LogP contribution in [0.1, 0.15) is 40.0 Å². The molecular weight excluding hydrogens is 198 g/mol. The molecular formula is C13H25N3. The quantitative estimate of drug-likeness (QED) is 0.792. The summed E-state index contributed by atoms with van der Waals surface area (Å²) in [7, 11) is 0. The summed E-state index contributed by atoms with van der Waals surface area (Å²) in [6.45, 7) is 10.0. The van der Waals surface area contributed by atoms with E-state index < -0.39 is 0 Å². The van der Waals surface area contributed by atoms with Crippen molar-refractivity contribution in [2.75, 3.05) is 19.6 Å². The smallest absolute Gasteiger partial charge is 0.0638 e. The first-order valence-corrected chi connectivity index (χ1v) is 6.48. The number of nitrogens with zero attached hydrogens (tertiary/aromatic N) is 2. The predicted molar refractivity (Wildman–Crippen MR) is 67.1 cm³/mol. The van der Waals surface area contributed by atoms with Crippen molar-refractivity contribution >= 4 is 0 Å². The molecule has 92 valence electrons. The average molecular weight is 223 g/mol. The largest absolute Gasteiger partial charge is 0.315 e. The Morgan fingerprint density at radius 3 is 2.88 bits per heavy atom. The van der Waals surface area contributed by atoms with Gasteiger partial charge in [-0.2, -0.15) is 5.26 Å². The van der Waals surface area contributed by atoms with Crippen LogP contribution in [0, 0.1) is 17.2 Å². The molecule has 1 aliphatic rings. The van der Waals surface area contributed by atoms with Crippen LogP contribution in [-0.2, 0) is 0 Å². The Labute approximate surface area is 99.8 Å². The minimum absolute atomic E-state index is 0.404. The zero-order chi connectivity index (χ0) is 12.0. The lowest BCUT2D eigenvalue weighted by Crippen LogP contribution is -2.44. The molecule has 0 amide bonds. The highest BCUT2D eigenvalue weighted by molar-refractivity contribution is 4.89. The van der Waals surface area contributed by atoms with Crippen LogP contribution in [-0.4, -0.2) is 36.6 Å². The van der Waals surface area contributed by atoms with Gasteiger partial charge in [0.05, 0.1) is 12.5 Å². The summed E-state index contributed by atoms with van der Waals surface area (Å²) in [5.41, 5.74) is 0. The van der Waals surface area contributed by atoms with Gasteiger partial charge in [-0.05, 0) is 38.8 Å². The average Bonchev–Trinajstić information content (AvgIpc) is 2.39. The second-order valence-corrected chi connectivity index (χ2v) is 5.28. The molecule has 0 aliphatic carbocycles. The van der Waals surface area contributed by atoms with Crippen molar-refractivity contribution in [2.45, 2.75) is 52.1 Å². The van der Waals surface area contributed by atoms with Crippen LogP contribution in [0.4, 0.5) is 0 Å². The van der Waals surface area contributed by atoms with Gasteiger partial charge in [0.2, 0.25) is 0 Å². The molecule has 0 aromatic carbocycles. The molecule has 2 unspecified atom stereocenters. The molecule has 0 aromatic rings. The number of hydrogen-bond donors (Lipinski definition) is 1. The van der Waals surface area contributed by atoms with Gasteiger partial charge >= 0.3 is 0 Å². The van der Waals surface area contributed by atoms with Crippen LogP contribution in [0.25, 0.3) is 0 Å². The third-order valence-corrected chi connectivity index (χ3v) is 3.45. The first kappa shape index (κ1) is 13.5. The maximum atomic E-state index is 8.89. The SMILES string of the molecule is CC(C)CCN1C(C)CCNCC1CC#N. The van der Waals surface area contributed by atoms with Gasteiger partial charge < -0.3 is 5.32 Å². The van der Waals surface area contributed by atoms with Gasteiger partial charge in [0.1, 0.15) is 0 Å². The molecule has 1 rings (SSSR count). The topological polar surface area (TPSA) is 39.1 Å². The summed E-state index contributed by atoms with van der Waals surface area (Å²) in [5.74, 6) is 0.742. The standard InChI is InChI=1S/C13H25N3/c1-11(2)6-9-16-12(3)5-8-15-10-13(16)4-7-14/h11-13,15H,4-6,8-10H2,1-3H3. The van der Waals surface area contributed by atoms with Crippen molar-refractivity contribution in [1.29, 1.82) is 5.26 Å². The van der Waals surface area contributed by atoms with Gasteiger partial charge in [-0.15, -0.1) is 0 Å². The van der Waals surface area contributed by atoms with Crippen molar-refractivity contribution < 1.29 is 0 Å². The highest BCUT2D eigenvalue weighted by Crippen LogP contribution is 2.16. The fourth-order valence-electron chi connectivity index (χ4n) is 2.33. The molecule has 1 heterocycles. The zero-order valence-corrected chi connectivity index (χ0v) is 10.9. The summed E-state index contributed by atoms with van der Waals surface area (Å²) in [5, 5.41) is 12.3.